The van der Waals surface area contributed by atoms with Gasteiger partial charge in [0.1, 0.15) is 0 Å². The molecule has 0 radical (unpaired) electrons. The minimum atomic E-state index is -3.51. The van der Waals surface area contributed by atoms with Crippen LogP contribution in [0.25, 0.3) is 11.5 Å². The van der Waals surface area contributed by atoms with E-state index in [1.807, 2.05) is 20.8 Å². The maximum Gasteiger partial charge on any atom is 0.277 e. The van der Waals surface area contributed by atoms with Crippen LogP contribution in [0.2, 0.25) is 0 Å². The zero-order valence-electron chi connectivity index (χ0n) is 16.7. The van der Waals surface area contributed by atoms with E-state index in [4.69, 9.17) is 4.42 Å². The van der Waals surface area contributed by atoms with E-state index in [-0.39, 0.29) is 33.2 Å². The van der Waals surface area contributed by atoms with E-state index in [9.17, 15) is 13.2 Å². The Bertz CT molecular complexity index is 898. The molecule has 10 heteroatoms. The summed E-state index contributed by atoms with van der Waals surface area (Å²) in [6.07, 6.45) is 0. The third-order valence-electron chi connectivity index (χ3n) is 3.69. The summed E-state index contributed by atoms with van der Waals surface area (Å²) in [6.45, 7) is 10.1. The zero-order valence-corrected chi connectivity index (χ0v) is 18.4. The third-order valence-corrected chi connectivity index (χ3v) is 6.57. The second-order valence-corrected chi connectivity index (χ2v) is 9.94. The molecule has 0 fully saturated rings. The average molecular weight is 427 g/mol. The molecule has 0 unspecified atom stereocenters. The minimum absolute atomic E-state index is 0.122. The largest absolute Gasteiger partial charge is 0.411 e. The Hall–Kier alpha value is -1.91. The van der Waals surface area contributed by atoms with Crippen LogP contribution in [0.3, 0.4) is 0 Å². The molecule has 0 saturated heterocycles. The highest BCUT2D eigenvalue weighted by atomic mass is 32.2. The third kappa shape index (κ3) is 5.79. The molecule has 154 valence electrons. The zero-order chi connectivity index (χ0) is 20.9. The van der Waals surface area contributed by atoms with E-state index < -0.39 is 10.0 Å². The van der Waals surface area contributed by atoms with E-state index in [1.165, 1.54) is 16.4 Å². The fourth-order valence-electron chi connectivity index (χ4n) is 2.45. The number of carbonyl (C=O) groups excluding carboxylic acids is 1. The quantitative estimate of drug-likeness (QED) is 0.647. The summed E-state index contributed by atoms with van der Waals surface area (Å²) < 4.78 is 32.0. The number of hydrogen-bond donors (Lipinski definition) is 1. The number of amides is 1. The SMILES string of the molecule is CCN(CC)S(=O)(=O)c1ccc(-c2nnc(SCC(=O)NC(C)(C)C)o2)cc1. The topological polar surface area (TPSA) is 105 Å². The van der Waals surface area contributed by atoms with Crippen molar-refractivity contribution in [2.75, 3.05) is 18.8 Å². The molecule has 0 spiro atoms. The Balaban J connectivity index is 2.07. The van der Waals surface area contributed by atoms with Gasteiger partial charge in [-0.25, -0.2) is 8.42 Å². The fourth-order valence-corrected chi connectivity index (χ4v) is 4.47. The van der Waals surface area contributed by atoms with Gasteiger partial charge < -0.3 is 9.73 Å². The van der Waals surface area contributed by atoms with Gasteiger partial charge >= 0.3 is 0 Å². The first kappa shape index (κ1) is 22.4. The summed E-state index contributed by atoms with van der Waals surface area (Å²) in [4.78, 5) is 12.1. The van der Waals surface area contributed by atoms with Gasteiger partial charge in [0.05, 0.1) is 10.6 Å². The summed E-state index contributed by atoms with van der Waals surface area (Å²) >= 11 is 1.15. The summed E-state index contributed by atoms with van der Waals surface area (Å²) in [5, 5.41) is 11.0. The summed E-state index contributed by atoms with van der Waals surface area (Å²) in [5.41, 5.74) is 0.308. The Morgan fingerprint density at radius 3 is 2.29 bits per heavy atom. The molecule has 0 atom stereocenters. The molecule has 1 amide bonds. The lowest BCUT2D eigenvalue weighted by atomic mass is 10.1. The lowest BCUT2D eigenvalue weighted by molar-refractivity contribution is -0.119. The number of hydrogen-bond acceptors (Lipinski definition) is 7. The molecule has 0 aliphatic carbocycles. The molecule has 1 aromatic heterocycles. The van der Waals surface area contributed by atoms with Crippen LogP contribution < -0.4 is 5.32 Å². The van der Waals surface area contributed by atoms with Gasteiger partial charge in [0.2, 0.25) is 21.8 Å². The van der Waals surface area contributed by atoms with Crippen molar-refractivity contribution in [3.8, 4) is 11.5 Å². The Morgan fingerprint density at radius 1 is 1.14 bits per heavy atom. The van der Waals surface area contributed by atoms with Crippen LogP contribution in [0.15, 0.2) is 38.8 Å². The maximum atomic E-state index is 12.5. The van der Waals surface area contributed by atoms with E-state index >= 15 is 0 Å². The van der Waals surface area contributed by atoms with Crippen molar-refractivity contribution in [1.82, 2.24) is 19.8 Å². The molecule has 0 bridgehead atoms. The van der Waals surface area contributed by atoms with Gasteiger partial charge in [0.25, 0.3) is 5.22 Å². The molecular weight excluding hydrogens is 400 g/mol. The molecule has 1 N–H and O–H groups in total. The summed E-state index contributed by atoms with van der Waals surface area (Å²) in [5.74, 6) is 0.314. The molecule has 8 nitrogen and oxygen atoms in total. The number of benzene rings is 1. The number of aromatic nitrogens is 2. The van der Waals surface area contributed by atoms with Crippen LogP contribution in [0.5, 0.6) is 0 Å². The predicted octanol–water partition coefficient (Wildman–Crippen LogP) is 2.77. The van der Waals surface area contributed by atoms with Gasteiger partial charge in [0, 0.05) is 24.2 Å². The van der Waals surface area contributed by atoms with Crippen LogP contribution in [0, 0.1) is 0 Å². The number of rotatable bonds is 8. The monoisotopic (exact) mass is 426 g/mol. The van der Waals surface area contributed by atoms with Gasteiger partial charge in [-0.2, -0.15) is 4.31 Å². The number of sulfonamides is 1. The second kappa shape index (κ2) is 9.06. The van der Waals surface area contributed by atoms with Crippen molar-refractivity contribution < 1.29 is 17.6 Å². The van der Waals surface area contributed by atoms with Crippen LogP contribution in [0.1, 0.15) is 34.6 Å². The van der Waals surface area contributed by atoms with E-state index in [1.54, 1.807) is 26.0 Å². The first-order chi connectivity index (χ1) is 13.1. The van der Waals surface area contributed by atoms with Crippen molar-refractivity contribution in [1.29, 1.82) is 0 Å². The Kier molecular flexibility index (Phi) is 7.24. The molecule has 1 heterocycles. The maximum absolute atomic E-state index is 12.5. The number of nitrogens with one attached hydrogen (secondary N) is 1. The molecule has 0 aliphatic heterocycles. The van der Waals surface area contributed by atoms with Crippen molar-refractivity contribution >= 4 is 27.7 Å². The van der Waals surface area contributed by atoms with Gasteiger partial charge in [0.15, 0.2) is 0 Å². The highest BCUT2D eigenvalue weighted by Crippen LogP contribution is 2.25. The molecule has 2 rings (SSSR count). The lowest BCUT2D eigenvalue weighted by Crippen LogP contribution is -2.41. The highest BCUT2D eigenvalue weighted by molar-refractivity contribution is 7.99. The molecular formula is C18H26N4O4S2. The van der Waals surface area contributed by atoms with Gasteiger partial charge in [-0.15, -0.1) is 10.2 Å². The number of thioether (sulfide) groups is 1. The van der Waals surface area contributed by atoms with Crippen LogP contribution >= 0.6 is 11.8 Å². The van der Waals surface area contributed by atoms with E-state index in [0.717, 1.165) is 11.8 Å². The Morgan fingerprint density at radius 2 is 1.75 bits per heavy atom. The minimum Gasteiger partial charge on any atom is -0.411 e. The molecule has 0 aliphatic rings. The smallest absolute Gasteiger partial charge is 0.277 e. The van der Waals surface area contributed by atoms with Crippen LogP contribution in [-0.4, -0.2) is 53.2 Å². The van der Waals surface area contributed by atoms with Gasteiger partial charge in [-0.05, 0) is 45.0 Å². The van der Waals surface area contributed by atoms with Gasteiger partial charge in [-0.3, -0.25) is 4.79 Å². The van der Waals surface area contributed by atoms with E-state index in [0.29, 0.717) is 18.7 Å². The number of nitrogens with zero attached hydrogens (tertiary/aromatic N) is 3. The first-order valence-electron chi connectivity index (χ1n) is 8.94. The fraction of sp³-hybridized carbons (Fsp3) is 0.500. The first-order valence-corrected chi connectivity index (χ1v) is 11.4. The normalized spacial score (nSPS) is 12.4. The standard InChI is InChI=1S/C18H26N4O4S2/c1-6-22(7-2)28(24,25)14-10-8-13(9-11-14)16-20-21-17(26-16)27-12-15(23)19-18(3,4)5/h8-11H,6-7,12H2,1-5H3,(H,19,23). The van der Waals surface area contributed by atoms with Crippen molar-refractivity contribution in [2.45, 2.75) is 50.3 Å². The van der Waals surface area contributed by atoms with Gasteiger partial charge in [-0.1, -0.05) is 25.6 Å². The summed E-state index contributed by atoms with van der Waals surface area (Å²) in [6, 6.07) is 6.31. The molecule has 2 aromatic rings. The second-order valence-electron chi connectivity index (χ2n) is 7.07. The van der Waals surface area contributed by atoms with Crippen LogP contribution in [-0.2, 0) is 14.8 Å². The molecule has 28 heavy (non-hydrogen) atoms. The lowest BCUT2D eigenvalue weighted by Gasteiger charge is -2.19. The average Bonchev–Trinajstić information content (AvgIpc) is 3.08. The molecule has 0 saturated carbocycles. The van der Waals surface area contributed by atoms with Crippen molar-refractivity contribution in [3.63, 3.8) is 0 Å². The molecule has 1 aromatic carbocycles. The summed E-state index contributed by atoms with van der Waals surface area (Å²) in [7, 11) is -3.51. The Labute approximate surface area is 170 Å². The highest BCUT2D eigenvalue weighted by Gasteiger charge is 2.22. The van der Waals surface area contributed by atoms with Crippen LogP contribution in [0.4, 0.5) is 0 Å². The predicted molar refractivity (Wildman–Crippen MR) is 108 cm³/mol. The number of carbonyl (C=O) groups is 1. The van der Waals surface area contributed by atoms with E-state index in [2.05, 4.69) is 15.5 Å². The van der Waals surface area contributed by atoms with Crippen molar-refractivity contribution in [3.05, 3.63) is 24.3 Å². The van der Waals surface area contributed by atoms with Crippen molar-refractivity contribution in [2.24, 2.45) is 0 Å².